The summed E-state index contributed by atoms with van der Waals surface area (Å²) in [6.07, 6.45) is 3.62. The lowest BCUT2D eigenvalue weighted by molar-refractivity contribution is 0.0144. The molecule has 0 atom stereocenters. The minimum absolute atomic E-state index is 0.0466. The molecule has 1 aromatic heterocycles. The van der Waals surface area contributed by atoms with Crippen molar-refractivity contribution in [2.45, 2.75) is 96.5 Å². The fraction of sp³-hybridized carbons (Fsp3) is 0.643. The Morgan fingerprint density at radius 3 is 2.32 bits per heavy atom. The second-order valence-corrected chi connectivity index (χ2v) is 17.2. The molecule has 2 aromatic rings. The first-order valence-electron chi connectivity index (χ1n) is 13.1. The summed E-state index contributed by atoms with van der Waals surface area (Å²) in [5, 5.41) is 9.54. The number of amides is 1. The van der Waals surface area contributed by atoms with Crippen LogP contribution in [0.5, 0.6) is 0 Å². The first-order chi connectivity index (χ1) is 17.0. The number of hydrogen-bond donors (Lipinski definition) is 2. The maximum atomic E-state index is 14.0. The molecule has 0 unspecified atom stereocenters. The van der Waals surface area contributed by atoms with Crippen LogP contribution in [0.25, 0.3) is 11.3 Å². The van der Waals surface area contributed by atoms with Gasteiger partial charge in [0.15, 0.2) is 8.32 Å². The van der Waals surface area contributed by atoms with Crippen molar-refractivity contribution in [3.63, 3.8) is 0 Å². The SMILES string of the molecule is Cc1cc(-c2cn(CCO)c(C3(CC(C)(C)[Si](C)(C)O)CCN(C(=O)OC(C)(C)C)CC3)n2)ccc1F. The Balaban J connectivity index is 2.05. The second kappa shape index (κ2) is 10.5. The smallest absolute Gasteiger partial charge is 0.410 e. The van der Waals surface area contributed by atoms with Gasteiger partial charge < -0.3 is 24.1 Å². The lowest BCUT2D eigenvalue weighted by Crippen LogP contribution is -2.51. The first kappa shape index (κ1) is 29.3. The molecule has 0 radical (unpaired) electrons. The number of carbonyl (C=O) groups is 1. The molecule has 1 aliphatic rings. The van der Waals surface area contributed by atoms with E-state index in [2.05, 4.69) is 13.8 Å². The molecule has 0 aliphatic carbocycles. The van der Waals surface area contributed by atoms with Gasteiger partial charge in [-0.1, -0.05) is 13.8 Å². The zero-order chi connectivity index (χ0) is 27.8. The molecule has 3 rings (SSSR count). The van der Waals surface area contributed by atoms with Gasteiger partial charge in [-0.2, -0.15) is 0 Å². The molecule has 0 bridgehead atoms. The highest BCUT2D eigenvalue weighted by atomic mass is 28.4. The molecule has 1 saturated heterocycles. The van der Waals surface area contributed by atoms with E-state index in [0.717, 1.165) is 17.1 Å². The van der Waals surface area contributed by atoms with Crippen molar-refractivity contribution in [3.05, 3.63) is 41.6 Å². The van der Waals surface area contributed by atoms with Gasteiger partial charge in [0.25, 0.3) is 0 Å². The molecule has 1 fully saturated rings. The third kappa shape index (κ3) is 6.62. The summed E-state index contributed by atoms with van der Waals surface area (Å²) in [5.41, 5.74) is 1.09. The van der Waals surface area contributed by atoms with Crippen molar-refractivity contribution in [1.29, 1.82) is 0 Å². The Morgan fingerprint density at radius 1 is 1.19 bits per heavy atom. The lowest BCUT2D eigenvalue weighted by Gasteiger charge is -2.47. The summed E-state index contributed by atoms with van der Waals surface area (Å²) in [5.74, 6) is 0.579. The fourth-order valence-electron chi connectivity index (χ4n) is 5.05. The average molecular weight is 534 g/mol. The van der Waals surface area contributed by atoms with E-state index < -0.39 is 19.3 Å². The van der Waals surface area contributed by atoms with E-state index in [4.69, 9.17) is 9.72 Å². The number of benzene rings is 1. The number of aliphatic hydroxyl groups is 1. The van der Waals surface area contributed by atoms with Crippen molar-refractivity contribution in [2.24, 2.45) is 0 Å². The average Bonchev–Trinajstić information content (AvgIpc) is 3.19. The Labute approximate surface area is 221 Å². The Bertz CT molecular complexity index is 1110. The summed E-state index contributed by atoms with van der Waals surface area (Å²) in [7, 11) is -2.56. The normalized spacial score (nSPS) is 16.7. The summed E-state index contributed by atoms with van der Waals surface area (Å²) in [6.45, 7) is 16.8. The monoisotopic (exact) mass is 533 g/mol. The third-order valence-corrected chi connectivity index (χ3v) is 11.3. The van der Waals surface area contributed by atoms with Crippen LogP contribution in [-0.2, 0) is 16.7 Å². The topological polar surface area (TPSA) is 87.8 Å². The Morgan fingerprint density at radius 2 is 1.81 bits per heavy atom. The maximum absolute atomic E-state index is 14.0. The Hall–Kier alpha value is -2.23. The van der Waals surface area contributed by atoms with Gasteiger partial charge in [0.2, 0.25) is 0 Å². The van der Waals surface area contributed by atoms with Gasteiger partial charge in [0, 0.05) is 36.8 Å². The minimum Gasteiger partial charge on any atom is -0.444 e. The third-order valence-electron chi connectivity index (χ3n) is 7.85. The quantitative estimate of drug-likeness (QED) is 0.451. The fourth-order valence-corrected chi connectivity index (χ4v) is 5.82. The second-order valence-electron chi connectivity index (χ2n) is 12.7. The number of nitrogens with zero attached hydrogens (tertiary/aromatic N) is 3. The van der Waals surface area contributed by atoms with Gasteiger partial charge in [0.05, 0.1) is 12.3 Å². The number of aryl methyl sites for hydroxylation is 1. The van der Waals surface area contributed by atoms with Gasteiger partial charge >= 0.3 is 6.09 Å². The van der Waals surface area contributed by atoms with Crippen LogP contribution >= 0.6 is 0 Å². The highest BCUT2D eigenvalue weighted by Gasteiger charge is 2.49. The van der Waals surface area contributed by atoms with E-state index >= 15 is 0 Å². The van der Waals surface area contributed by atoms with Crippen molar-refractivity contribution in [3.8, 4) is 11.3 Å². The van der Waals surface area contributed by atoms with Gasteiger partial charge in [-0.15, -0.1) is 0 Å². The van der Waals surface area contributed by atoms with Crippen molar-refractivity contribution >= 4 is 14.4 Å². The van der Waals surface area contributed by atoms with E-state index in [1.807, 2.05) is 44.6 Å². The lowest BCUT2D eigenvalue weighted by atomic mass is 9.71. The van der Waals surface area contributed by atoms with Crippen LogP contribution < -0.4 is 0 Å². The number of imidazole rings is 1. The first-order valence-corrected chi connectivity index (χ1v) is 16.1. The summed E-state index contributed by atoms with van der Waals surface area (Å²) < 4.78 is 21.6. The molecule has 2 N–H and O–H groups in total. The number of hydrogen-bond acceptors (Lipinski definition) is 5. The summed E-state index contributed by atoms with van der Waals surface area (Å²) in [6, 6.07) is 4.97. The molecule has 0 spiro atoms. The zero-order valence-corrected chi connectivity index (χ0v) is 24.7. The molecular weight excluding hydrogens is 489 g/mol. The predicted molar refractivity (Wildman–Crippen MR) is 147 cm³/mol. The van der Waals surface area contributed by atoms with Crippen molar-refractivity contribution in [1.82, 2.24) is 14.5 Å². The number of aliphatic hydroxyl groups excluding tert-OH is 1. The standard InChI is InChI=1S/C28H44FN3O4Si/c1-20-17-21(9-10-22(20)29)23-18-32(15-16-33)24(30-23)28(19-27(5,6)37(7,8)35)11-13-31(14-12-28)25(34)36-26(2,3)4/h9-10,17-18,33,35H,11-16,19H2,1-8H3. The van der Waals surface area contributed by atoms with Crippen molar-refractivity contribution < 1.29 is 23.8 Å². The van der Waals surface area contributed by atoms with E-state index in [0.29, 0.717) is 44.5 Å². The van der Waals surface area contributed by atoms with Crippen molar-refractivity contribution in [2.75, 3.05) is 19.7 Å². The van der Waals surface area contributed by atoms with Crippen LogP contribution in [0.15, 0.2) is 24.4 Å². The van der Waals surface area contributed by atoms with E-state index in [9.17, 15) is 19.1 Å². The largest absolute Gasteiger partial charge is 0.444 e. The van der Waals surface area contributed by atoms with E-state index in [1.54, 1.807) is 24.0 Å². The molecule has 0 saturated carbocycles. The molecule has 1 aliphatic heterocycles. The molecular formula is C28H44FN3O4Si. The summed E-state index contributed by atoms with van der Waals surface area (Å²) in [4.78, 5) is 30.8. The molecule has 7 nitrogen and oxygen atoms in total. The van der Waals surface area contributed by atoms with Gasteiger partial charge in [0.1, 0.15) is 17.2 Å². The molecule has 1 aromatic carbocycles. The highest BCUT2D eigenvalue weighted by Crippen LogP contribution is 2.51. The van der Waals surface area contributed by atoms with Crippen LogP contribution in [0.3, 0.4) is 0 Å². The van der Waals surface area contributed by atoms with E-state index in [1.165, 1.54) is 6.07 Å². The van der Waals surface area contributed by atoms with Crippen LogP contribution in [0.2, 0.25) is 18.1 Å². The van der Waals surface area contributed by atoms with Crippen LogP contribution in [0, 0.1) is 12.7 Å². The molecule has 2 heterocycles. The Kier molecular flexibility index (Phi) is 8.32. The number of carbonyl (C=O) groups excluding carboxylic acids is 1. The number of likely N-dealkylation sites (tertiary alicyclic amines) is 1. The van der Waals surface area contributed by atoms with Gasteiger partial charge in [-0.3, -0.25) is 0 Å². The number of rotatable bonds is 7. The van der Waals surface area contributed by atoms with Crippen LogP contribution in [-0.4, -0.2) is 64.1 Å². The number of piperidine rings is 1. The van der Waals surface area contributed by atoms with Crippen LogP contribution in [0.1, 0.15) is 65.3 Å². The summed E-state index contributed by atoms with van der Waals surface area (Å²) >= 11 is 0. The van der Waals surface area contributed by atoms with Crippen LogP contribution in [0.4, 0.5) is 9.18 Å². The highest BCUT2D eigenvalue weighted by molar-refractivity contribution is 6.72. The molecule has 9 heteroatoms. The molecule has 206 valence electrons. The minimum atomic E-state index is -2.56. The predicted octanol–water partition coefficient (Wildman–Crippen LogP) is 5.63. The number of ether oxygens (including phenoxy) is 1. The van der Waals surface area contributed by atoms with E-state index in [-0.39, 0.29) is 23.6 Å². The van der Waals surface area contributed by atoms with Gasteiger partial charge in [-0.05, 0) is 88.9 Å². The number of halogens is 1. The molecule has 37 heavy (non-hydrogen) atoms. The number of aromatic nitrogens is 2. The molecule has 1 amide bonds. The van der Waals surface area contributed by atoms with Gasteiger partial charge in [-0.25, -0.2) is 14.2 Å². The maximum Gasteiger partial charge on any atom is 0.410 e. The zero-order valence-electron chi connectivity index (χ0n) is 23.7.